The zero-order chi connectivity index (χ0) is 12.8. The van der Waals surface area contributed by atoms with Crippen LogP contribution in [0.5, 0.6) is 0 Å². The monoisotopic (exact) mass is 242 g/mol. The van der Waals surface area contributed by atoms with Crippen LogP contribution < -0.4 is 16.4 Å². The minimum absolute atomic E-state index is 0.0107. The zero-order valence-electron chi connectivity index (χ0n) is 10.5. The highest BCUT2D eigenvalue weighted by atomic mass is 16.2. The highest BCUT2D eigenvalue weighted by molar-refractivity contribution is 5.83. The topological polar surface area (TPSA) is 87.5 Å². The molecule has 6 nitrogen and oxygen atoms in total. The number of primary amides is 1. The first kappa shape index (κ1) is 13.8. The fourth-order valence-corrected chi connectivity index (χ4v) is 1.98. The van der Waals surface area contributed by atoms with Crippen molar-refractivity contribution in [2.45, 2.75) is 38.8 Å². The van der Waals surface area contributed by atoms with Gasteiger partial charge in [-0.05, 0) is 39.8 Å². The molecule has 6 heteroatoms. The smallest absolute Gasteiger partial charge is 0.318 e. The van der Waals surface area contributed by atoms with Crippen molar-refractivity contribution in [2.75, 3.05) is 19.6 Å². The Kier molecular flexibility index (Phi) is 5.21. The summed E-state index contributed by atoms with van der Waals surface area (Å²) in [6, 6.07) is -0.0483. The van der Waals surface area contributed by atoms with Gasteiger partial charge < -0.3 is 21.3 Å². The first-order valence-corrected chi connectivity index (χ1v) is 6.07. The van der Waals surface area contributed by atoms with Crippen LogP contribution in [0.4, 0.5) is 4.79 Å². The van der Waals surface area contributed by atoms with Crippen molar-refractivity contribution in [2.24, 2.45) is 5.73 Å². The Morgan fingerprint density at radius 1 is 1.41 bits per heavy atom. The van der Waals surface area contributed by atoms with E-state index in [0.717, 1.165) is 25.9 Å². The van der Waals surface area contributed by atoms with E-state index in [-0.39, 0.29) is 24.7 Å². The minimum Gasteiger partial charge on any atom is -0.368 e. The van der Waals surface area contributed by atoms with Crippen molar-refractivity contribution >= 4 is 11.9 Å². The molecule has 1 aliphatic rings. The van der Waals surface area contributed by atoms with Crippen molar-refractivity contribution in [3.63, 3.8) is 0 Å². The Bertz CT molecular complexity index is 275. The Morgan fingerprint density at radius 3 is 2.47 bits per heavy atom. The molecule has 3 amide bonds. The van der Waals surface area contributed by atoms with Crippen molar-refractivity contribution in [3.05, 3.63) is 0 Å². The highest BCUT2D eigenvalue weighted by Crippen LogP contribution is 2.11. The predicted octanol–water partition coefficient (Wildman–Crippen LogP) is -0.356. The lowest BCUT2D eigenvalue weighted by atomic mass is 10.1. The normalized spacial score (nSPS) is 16.9. The van der Waals surface area contributed by atoms with E-state index in [9.17, 15) is 9.59 Å². The van der Waals surface area contributed by atoms with Crippen LogP contribution in [0.25, 0.3) is 0 Å². The van der Waals surface area contributed by atoms with Crippen LogP contribution in [0.1, 0.15) is 26.7 Å². The van der Waals surface area contributed by atoms with E-state index >= 15 is 0 Å². The zero-order valence-corrected chi connectivity index (χ0v) is 10.5. The van der Waals surface area contributed by atoms with Gasteiger partial charge in [-0.15, -0.1) is 0 Å². The van der Waals surface area contributed by atoms with Crippen molar-refractivity contribution in [1.82, 2.24) is 15.5 Å². The first-order valence-electron chi connectivity index (χ1n) is 6.07. The number of nitrogens with zero attached hydrogens (tertiary/aromatic N) is 1. The minimum atomic E-state index is -0.470. The number of urea groups is 1. The summed E-state index contributed by atoms with van der Waals surface area (Å²) in [4.78, 5) is 24.6. The van der Waals surface area contributed by atoms with Crippen LogP contribution in [-0.2, 0) is 4.79 Å². The number of nitrogens with two attached hydrogens (primary N) is 1. The lowest BCUT2D eigenvalue weighted by molar-refractivity contribution is -0.119. The second-order valence-corrected chi connectivity index (χ2v) is 4.68. The van der Waals surface area contributed by atoms with Gasteiger partial charge >= 0.3 is 6.03 Å². The molecule has 0 bridgehead atoms. The fourth-order valence-electron chi connectivity index (χ4n) is 1.98. The van der Waals surface area contributed by atoms with E-state index in [2.05, 4.69) is 10.6 Å². The molecule has 0 aliphatic carbocycles. The summed E-state index contributed by atoms with van der Waals surface area (Å²) < 4.78 is 0. The van der Waals surface area contributed by atoms with Crippen molar-refractivity contribution < 1.29 is 9.59 Å². The number of carbonyl (C=O) groups excluding carboxylic acids is 2. The third-order valence-corrected chi connectivity index (χ3v) is 2.75. The second kappa shape index (κ2) is 6.44. The van der Waals surface area contributed by atoms with Gasteiger partial charge in [-0.2, -0.15) is 0 Å². The average Bonchev–Trinajstić information content (AvgIpc) is 2.25. The lowest BCUT2D eigenvalue weighted by Gasteiger charge is -2.34. The largest absolute Gasteiger partial charge is 0.368 e. The van der Waals surface area contributed by atoms with E-state index in [4.69, 9.17) is 5.73 Å². The average molecular weight is 242 g/mol. The van der Waals surface area contributed by atoms with E-state index in [0.29, 0.717) is 0 Å². The quantitative estimate of drug-likeness (QED) is 0.629. The number of carbonyl (C=O) groups is 2. The van der Waals surface area contributed by atoms with Crippen LogP contribution >= 0.6 is 0 Å². The molecule has 98 valence electrons. The van der Waals surface area contributed by atoms with Gasteiger partial charge in [0, 0.05) is 12.1 Å². The predicted molar refractivity (Wildman–Crippen MR) is 65.5 cm³/mol. The molecule has 0 aromatic carbocycles. The van der Waals surface area contributed by atoms with Gasteiger partial charge in [-0.1, -0.05) is 0 Å². The first-order chi connectivity index (χ1) is 8.00. The molecule has 1 aliphatic heterocycles. The van der Waals surface area contributed by atoms with E-state index in [1.165, 1.54) is 0 Å². The highest BCUT2D eigenvalue weighted by Gasteiger charge is 2.26. The van der Waals surface area contributed by atoms with Crippen LogP contribution in [0.15, 0.2) is 0 Å². The molecule has 1 rings (SSSR count). The second-order valence-electron chi connectivity index (χ2n) is 4.68. The molecule has 0 saturated carbocycles. The van der Waals surface area contributed by atoms with Crippen LogP contribution in [0.2, 0.25) is 0 Å². The summed E-state index contributed by atoms with van der Waals surface area (Å²) in [5, 5.41) is 6.03. The Hall–Kier alpha value is -1.30. The number of nitrogens with one attached hydrogen (secondary N) is 2. The van der Waals surface area contributed by atoms with Gasteiger partial charge in [-0.25, -0.2) is 4.79 Å². The molecule has 0 atom stereocenters. The van der Waals surface area contributed by atoms with Gasteiger partial charge in [0.05, 0.1) is 0 Å². The third-order valence-electron chi connectivity index (χ3n) is 2.75. The third kappa shape index (κ3) is 4.60. The Morgan fingerprint density at radius 2 is 2.00 bits per heavy atom. The van der Waals surface area contributed by atoms with E-state index in [1.54, 1.807) is 4.90 Å². The summed E-state index contributed by atoms with van der Waals surface area (Å²) >= 11 is 0. The molecule has 17 heavy (non-hydrogen) atoms. The molecular weight excluding hydrogens is 220 g/mol. The van der Waals surface area contributed by atoms with Crippen LogP contribution in [0.3, 0.4) is 0 Å². The Labute approximate surface area is 102 Å². The molecule has 1 saturated heterocycles. The van der Waals surface area contributed by atoms with Gasteiger partial charge in [0.2, 0.25) is 5.91 Å². The Balaban J connectivity index is 2.64. The van der Waals surface area contributed by atoms with Gasteiger partial charge in [0.15, 0.2) is 0 Å². The summed E-state index contributed by atoms with van der Waals surface area (Å²) in [5.74, 6) is -0.470. The molecule has 0 radical (unpaired) electrons. The summed E-state index contributed by atoms with van der Waals surface area (Å²) in [6.07, 6.45) is 1.72. The summed E-state index contributed by atoms with van der Waals surface area (Å²) in [5.41, 5.74) is 5.19. The van der Waals surface area contributed by atoms with Crippen molar-refractivity contribution in [3.8, 4) is 0 Å². The maximum atomic E-state index is 12.0. The number of hydrogen-bond donors (Lipinski definition) is 3. The number of amides is 3. The SMILES string of the molecule is CC(C)NC(=O)N(CC(N)=O)C1CCNCC1. The maximum absolute atomic E-state index is 12.0. The molecular formula is C11H22N4O2. The van der Waals surface area contributed by atoms with Crippen molar-refractivity contribution in [1.29, 1.82) is 0 Å². The lowest BCUT2D eigenvalue weighted by Crippen LogP contribution is -2.53. The number of hydrogen-bond acceptors (Lipinski definition) is 3. The van der Waals surface area contributed by atoms with Gasteiger partial charge in [0.1, 0.15) is 6.54 Å². The standard InChI is InChI=1S/C11H22N4O2/c1-8(2)14-11(17)15(7-10(12)16)9-3-5-13-6-4-9/h8-9,13H,3-7H2,1-2H3,(H2,12,16)(H,14,17). The molecule has 1 fully saturated rings. The maximum Gasteiger partial charge on any atom is 0.318 e. The number of rotatable bonds is 4. The number of piperidine rings is 1. The molecule has 4 N–H and O–H groups in total. The van der Waals surface area contributed by atoms with Gasteiger partial charge in [0.25, 0.3) is 0 Å². The fraction of sp³-hybridized carbons (Fsp3) is 0.818. The molecule has 0 aromatic rings. The van der Waals surface area contributed by atoms with Crippen LogP contribution in [0, 0.1) is 0 Å². The molecule has 0 unspecified atom stereocenters. The van der Waals surface area contributed by atoms with Crippen LogP contribution in [-0.4, -0.2) is 48.6 Å². The van der Waals surface area contributed by atoms with Gasteiger partial charge in [-0.3, -0.25) is 4.79 Å². The summed E-state index contributed by atoms with van der Waals surface area (Å²) in [7, 11) is 0. The molecule has 0 spiro atoms. The van der Waals surface area contributed by atoms with E-state index < -0.39 is 5.91 Å². The van der Waals surface area contributed by atoms with E-state index in [1.807, 2.05) is 13.8 Å². The summed E-state index contributed by atoms with van der Waals surface area (Å²) in [6.45, 7) is 5.51. The molecule has 0 aromatic heterocycles. The molecule has 1 heterocycles.